The molecule has 0 unspecified atom stereocenters. The molecule has 2 aromatic carbocycles. The fourth-order valence-corrected chi connectivity index (χ4v) is 6.58. The lowest BCUT2D eigenvalue weighted by molar-refractivity contribution is -0.126. The molecule has 1 N–H and O–H groups in total. The summed E-state index contributed by atoms with van der Waals surface area (Å²) in [6, 6.07) is 15.2. The maximum absolute atomic E-state index is 12.9. The molecule has 0 aromatic heterocycles. The van der Waals surface area contributed by atoms with Crippen molar-refractivity contribution in [2.75, 3.05) is 26.2 Å². The number of rotatable bonds is 8. The minimum atomic E-state index is -3.50. The zero-order chi connectivity index (χ0) is 24.0. The Balaban J connectivity index is 1.30. The van der Waals surface area contributed by atoms with Gasteiger partial charge in [0.05, 0.1) is 11.7 Å². The first-order chi connectivity index (χ1) is 16.4. The number of carbonyl (C=O) groups is 1. The van der Waals surface area contributed by atoms with E-state index < -0.39 is 10.0 Å². The van der Waals surface area contributed by atoms with E-state index in [1.165, 1.54) is 29.1 Å². The summed E-state index contributed by atoms with van der Waals surface area (Å²) < 4.78 is 27.4. The maximum atomic E-state index is 12.9. The second-order valence-electron chi connectivity index (χ2n) is 9.45. The zero-order valence-electron chi connectivity index (χ0n) is 19.6. The number of hydrogen-bond donors (Lipinski definition) is 1. The van der Waals surface area contributed by atoms with Crippen LogP contribution in [0.5, 0.6) is 0 Å². The minimum Gasteiger partial charge on any atom is -0.352 e. The molecule has 0 saturated carbocycles. The Kier molecular flexibility index (Phi) is 8.64. The van der Waals surface area contributed by atoms with Crippen molar-refractivity contribution >= 4 is 27.5 Å². The second kappa shape index (κ2) is 11.7. The van der Waals surface area contributed by atoms with E-state index >= 15 is 0 Å². The summed E-state index contributed by atoms with van der Waals surface area (Å²) in [6.07, 6.45) is 5.24. The molecule has 34 heavy (non-hydrogen) atoms. The molecular formula is C26H34ClN3O3S. The Morgan fingerprint density at radius 3 is 2.44 bits per heavy atom. The van der Waals surface area contributed by atoms with Crippen LogP contribution >= 0.6 is 11.6 Å². The number of nitrogens with zero attached hydrogens (tertiary/aromatic N) is 2. The molecule has 6 nitrogen and oxygen atoms in total. The quantitative estimate of drug-likeness (QED) is 0.586. The summed E-state index contributed by atoms with van der Waals surface area (Å²) in [7, 11) is -3.50. The van der Waals surface area contributed by atoms with E-state index in [9.17, 15) is 13.2 Å². The molecular weight excluding hydrogens is 470 g/mol. The highest BCUT2D eigenvalue weighted by Crippen LogP contribution is 2.22. The molecule has 184 valence electrons. The van der Waals surface area contributed by atoms with Gasteiger partial charge in [0.1, 0.15) is 0 Å². The maximum Gasteiger partial charge on any atom is 0.224 e. The topological polar surface area (TPSA) is 69.7 Å². The van der Waals surface area contributed by atoms with Crippen molar-refractivity contribution in [2.45, 2.75) is 50.9 Å². The summed E-state index contributed by atoms with van der Waals surface area (Å²) in [5, 5.41) is 3.62. The summed E-state index contributed by atoms with van der Waals surface area (Å²) in [5.74, 6) is -0.486. The SMILES string of the molecule is O=C(NCc1cccc(CN2CCCCC2)c1)[C@@H]1CCCN(S(=O)(=O)Cc2ccc(Cl)cc2)C1. The number of sulfonamides is 1. The normalized spacial score (nSPS) is 20.2. The third-order valence-corrected chi connectivity index (χ3v) is 8.79. The van der Waals surface area contributed by atoms with Crippen LogP contribution in [0.1, 0.15) is 48.8 Å². The smallest absolute Gasteiger partial charge is 0.224 e. The zero-order valence-corrected chi connectivity index (χ0v) is 21.2. The van der Waals surface area contributed by atoms with Gasteiger partial charge in [-0.25, -0.2) is 12.7 Å². The van der Waals surface area contributed by atoms with Gasteiger partial charge in [0.2, 0.25) is 15.9 Å². The highest BCUT2D eigenvalue weighted by atomic mass is 35.5. The van der Waals surface area contributed by atoms with Crippen molar-refractivity contribution in [1.82, 2.24) is 14.5 Å². The summed E-state index contributed by atoms with van der Waals surface area (Å²) in [6.45, 7) is 4.40. The molecule has 0 aliphatic carbocycles. The number of piperidine rings is 2. The number of amides is 1. The van der Waals surface area contributed by atoms with Crippen molar-refractivity contribution < 1.29 is 13.2 Å². The lowest BCUT2D eigenvalue weighted by Gasteiger charge is -2.31. The monoisotopic (exact) mass is 503 g/mol. The summed E-state index contributed by atoms with van der Waals surface area (Å²) >= 11 is 5.91. The van der Waals surface area contributed by atoms with E-state index in [1.807, 2.05) is 12.1 Å². The van der Waals surface area contributed by atoms with Crippen LogP contribution in [-0.4, -0.2) is 49.7 Å². The number of halogens is 1. The van der Waals surface area contributed by atoms with Crippen LogP contribution in [0.4, 0.5) is 0 Å². The summed E-state index contributed by atoms with van der Waals surface area (Å²) in [5.41, 5.74) is 3.04. The Morgan fingerprint density at radius 2 is 1.68 bits per heavy atom. The molecule has 2 heterocycles. The molecule has 0 bridgehead atoms. The van der Waals surface area contributed by atoms with Gasteiger partial charge in [-0.3, -0.25) is 9.69 Å². The number of hydrogen-bond acceptors (Lipinski definition) is 4. The first-order valence-electron chi connectivity index (χ1n) is 12.2. The van der Waals surface area contributed by atoms with E-state index in [1.54, 1.807) is 24.3 Å². The van der Waals surface area contributed by atoms with E-state index in [4.69, 9.17) is 11.6 Å². The van der Waals surface area contributed by atoms with Gasteiger partial charge in [-0.2, -0.15) is 0 Å². The Bertz CT molecular complexity index is 1070. The molecule has 2 fully saturated rings. The fraction of sp³-hybridized carbons (Fsp3) is 0.500. The van der Waals surface area contributed by atoms with Crippen LogP contribution in [0.25, 0.3) is 0 Å². The first-order valence-corrected chi connectivity index (χ1v) is 14.2. The molecule has 2 saturated heterocycles. The van der Waals surface area contributed by atoms with Crippen LogP contribution in [-0.2, 0) is 33.7 Å². The number of carbonyl (C=O) groups excluding carboxylic acids is 1. The number of likely N-dealkylation sites (tertiary alicyclic amines) is 1. The highest BCUT2D eigenvalue weighted by molar-refractivity contribution is 7.88. The van der Waals surface area contributed by atoms with E-state index in [-0.39, 0.29) is 24.1 Å². The molecule has 1 amide bonds. The molecule has 2 aliphatic rings. The molecule has 0 radical (unpaired) electrons. The predicted molar refractivity (Wildman–Crippen MR) is 136 cm³/mol. The van der Waals surface area contributed by atoms with E-state index in [0.717, 1.165) is 25.2 Å². The van der Waals surface area contributed by atoms with Gasteiger partial charge in [0, 0.05) is 31.2 Å². The Labute approximate surface area is 208 Å². The van der Waals surface area contributed by atoms with Gasteiger partial charge in [-0.1, -0.05) is 54.4 Å². The molecule has 1 atom stereocenters. The van der Waals surface area contributed by atoms with Gasteiger partial charge in [-0.05, 0) is 67.6 Å². The van der Waals surface area contributed by atoms with Gasteiger partial charge in [-0.15, -0.1) is 0 Å². The molecule has 0 spiro atoms. The largest absolute Gasteiger partial charge is 0.352 e. The van der Waals surface area contributed by atoms with Crippen molar-refractivity contribution in [3.8, 4) is 0 Å². The highest BCUT2D eigenvalue weighted by Gasteiger charge is 2.32. The van der Waals surface area contributed by atoms with Crippen LogP contribution < -0.4 is 5.32 Å². The predicted octanol–water partition coefficient (Wildman–Crippen LogP) is 4.18. The van der Waals surface area contributed by atoms with Crippen molar-refractivity contribution in [3.63, 3.8) is 0 Å². The fourth-order valence-electron chi connectivity index (χ4n) is 4.84. The van der Waals surface area contributed by atoms with Crippen LogP contribution in [0.3, 0.4) is 0 Å². The Hall–Kier alpha value is -1.93. The van der Waals surface area contributed by atoms with E-state index in [2.05, 4.69) is 22.3 Å². The Morgan fingerprint density at radius 1 is 0.941 bits per heavy atom. The lowest BCUT2D eigenvalue weighted by Crippen LogP contribution is -2.45. The third kappa shape index (κ3) is 7.04. The number of nitrogens with one attached hydrogen (secondary N) is 1. The lowest BCUT2D eigenvalue weighted by atomic mass is 9.98. The van der Waals surface area contributed by atoms with Crippen LogP contribution in [0.2, 0.25) is 5.02 Å². The van der Waals surface area contributed by atoms with Gasteiger partial charge in [0.15, 0.2) is 0 Å². The summed E-state index contributed by atoms with van der Waals surface area (Å²) in [4.78, 5) is 15.4. The molecule has 2 aliphatic heterocycles. The van der Waals surface area contributed by atoms with Crippen molar-refractivity contribution in [2.24, 2.45) is 5.92 Å². The average Bonchev–Trinajstić information content (AvgIpc) is 2.85. The average molecular weight is 504 g/mol. The van der Waals surface area contributed by atoms with Crippen LogP contribution in [0.15, 0.2) is 48.5 Å². The van der Waals surface area contributed by atoms with E-state index in [0.29, 0.717) is 36.5 Å². The third-order valence-electron chi connectivity index (χ3n) is 6.72. The molecule has 2 aromatic rings. The van der Waals surface area contributed by atoms with Crippen molar-refractivity contribution in [3.05, 3.63) is 70.2 Å². The number of benzene rings is 2. The van der Waals surface area contributed by atoms with Gasteiger partial charge in [0.25, 0.3) is 0 Å². The minimum absolute atomic E-state index is 0.0761. The van der Waals surface area contributed by atoms with Gasteiger partial charge >= 0.3 is 0 Å². The standard InChI is InChI=1S/C26H34ClN3O3S/c27-25-11-9-21(10-12-25)20-34(32,33)30-15-5-8-24(19-30)26(31)28-17-22-6-4-7-23(16-22)18-29-13-2-1-3-14-29/h4,6-7,9-12,16,24H,1-3,5,8,13-15,17-20H2,(H,28,31)/t24-/m1/s1. The van der Waals surface area contributed by atoms with Crippen molar-refractivity contribution in [1.29, 1.82) is 0 Å². The second-order valence-corrected chi connectivity index (χ2v) is 11.9. The molecule has 4 rings (SSSR count). The molecule has 8 heteroatoms. The first kappa shape index (κ1) is 25.2. The van der Waals surface area contributed by atoms with Crippen LogP contribution in [0, 0.1) is 5.92 Å². The van der Waals surface area contributed by atoms with Gasteiger partial charge < -0.3 is 5.32 Å².